The Labute approximate surface area is 109 Å². The van der Waals surface area contributed by atoms with Crippen molar-refractivity contribution in [2.75, 3.05) is 7.11 Å². The summed E-state index contributed by atoms with van der Waals surface area (Å²) in [5.74, 6) is -0.728. The third kappa shape index (κ3) is 2.35. The molecule has 2 aromatic rings. The Morgan fingerprint density at radius 3 is 2.63 bits per heavy atom. The fourth-order valence-electron chi connectivity index (χ4n) is 1.88. The lowest BCUT2D eigenvalue weighted by Gasteiger charge is -2.09. The molecule has 0 aliphatic heterocycles. The molecule has 1 heterocycles. The Kier molecular flexibility index (Phi) is 3.37. The van der Waals surface area contributed by atoms with Crippen molar-refractivity contribution in [1.29, 1.82) is 0 Å². The Hall–Kier alpha value is -2.56. The van der Waals surface area contributed by atoms with Crippen LogP contribution in [0.3, 0.4) is 0 Å². The predicted molar refractivity (Wildman–Crippen MR) is 70.7 cm³/mol. The number of carboxylic acid groups (broad SMARTS) is 1. The zero-order valence-corrected chi connectivity index (χ0v) is 10.6. The highest BCUT2D eigenvalue weighted by molar-refractivity contribution is 5.89. The third-order valence-corrected chi connectivity index (χ3v) is 2.82. The minimum atomic E-state index is -1.25. The summed E-state index contributed by atoms with van der Waals surface area (Å²) in [6.45, 7) is 1.89. The number of carbonyl (C=O) groups is 1. The molecule has 98 valence electrons. The first kappa shape index (κ1) is 12.9. The number of H-pyrrole nitrogens is 1. The number of aromatic carboxylic acids is 1. The Morgan fingerprint density at radius 1 is 1.26 bits per heavy atom. The zero-order valence-electron chi connectivity index (χ0n) is 10.6. The van der Waals surface area contributed by atoms with Crippen LogP contribution in [-0.2, 0) is 0 Å². The largest absolute Gasteiger partial charge is 0.496 e. The molecule has 0 aliphatic carbocycles. The number of methoxy groups -OCH3 is 1. The van der Waals surface area contributed by atoms with E-state index in [1.807, 2.05) is 13.0 Å². The number of aryl methyl sites for hydroxylation is 1. The molecular formula is C14H13NO4. The number of aromatic amines is 1. The average Bonchev–Trinajstić information content (AvgIpc) is 2.38. The molecule has 5 heteroatoms. The van der Waals surface area contributed by atoms with Crippen LogP contribution in [0.25, 0.3) is 11.1 Å². The summed E-state index contributed by atoms with van der Waals surface area (Å²) in [4.78, 5) is 25.8. The zero-order chi connectivity index (χ0) is 14.0. The number of aromatic nitrogens is 1. The summed E-state index contributed by atoms with van der Waals surface area (Å²) in [5.41, 5.74) is 0.986. The second kappa shape index (κ2) is 4.97. The van der Waals surface area contributed by atoms with E-state index in [0.29, 0.717) is 11.3 Å². The van der Waals surface area contributed by atoms with Gasteiger partial charge < -0.3 is 14.8 Å². The number of benzene rings is 1. The van der Waals surface area contributed by atoms with E-state index in [0.717, 1.165) is 5.56 Å². The van der Waals surface area contributed by atoms with E-state index in [9.17, 15) is 9.59 Å². The fourth-order valence-corrected chi connectivity index (χ4v) is 1.88. The number of hydrogen-bond donors (Lipinski definition) is 2. The lowest BCUT2D eigenvalue weighted by Crippen LogP contribution is -2.16. The molecule has 0 aliphatic rings. The number of nitrogens with one attached hydrogen (secondary N) is 1. The minimum absolute atomic E-state index is 0.278. The second-order valence-corrected chi connectivity index (χ2v) is 4.12. The van der Waals surface area contributed by atoms with Gasteiger partial charge in [-0.15, -0.1) is 0 Å². The van der Waals surface area contributed by atoms with Crippen LogP contribution in [0.2, 0.25) is 0 Å². The van der Waals surface area contributed by atoms with Gasteiger partial charge in [0.1, 0.15) is 11.3 Å². The van der Waals surface area contributed by atoms with Crippen LogP contribution >= 0.6 is 0 Å². The van der Waals surface area contributed by atoms with Crippen molar-refractivity contribution in [2.24, 2.45) is 0 Å². The monoisotopic (exact) mass is 259 g/mol. The maximum atomic E-state index is 12.1. The average molecular weight is 259 g/mol. The van der Waals surface area contributed by atoms with Crippen molar-refractivity contribution in [1.82, 2.24) is 4.98 Å². The van der Waals surface area contributed by atoms with E-state index < -0.39 is 11.4 Å². The molecule has 0 saturated heterocycles. The molecule has 1 aromatic carbocycles. The summed E-state index contributed by atoms with van der Waals surface area (Å²) in [6, 6.07) is 5.39. The highest BCUT2D eigenvalue weighted by Crippen LogP contribution is 2.28. The summed E-state index contributed by atoms with van der Waals surface area (Å²) >= 11 is 0. The van der Waals surface area contributed by atoms with Crippen LogP contribution in [0.1, 0.15) is 15.9 Å². The molecule has 0 unspecified atom stereocenters. The SMILES string of the molecule is COc1ccc(C)cc1-c1c[nH]cc(C(=O)O)c1=O. The maximum Gasteiger partial charge on any atom is 0.341 e. The van der Waals surface area contributed by atoms with Crippen LogP contribution in [0.5, 0.6) is 5.75 Å². The van der Waals surface area contributed by atoms with Crippen molar-refractivity contribution in [2.45, 2.75) is 6.92 Å². The van der Waals surface area contributed by atoms with Gasteiger partial charge in [-0.25, -0.2) is 4.79 Å². The van der Waals surface area contributed by atoms with Gasteiger partial charge in [0.15, 0.2) is 0 Å². The van der Waals surface area contributed by atoms with E-state index >= 15 is 0 Å². The fraction of sp³-hybridized carbons (Fsp3) is 0.143. The highest BCUT2D eigenvalue weighted by Gasteiger charge is 2.15. The first-order valence-corrected chi connectivity index (χ1v) is 5.64. The number of hydrogen-bond acceptors (Lipinski definition) is 3. The Morgan fingerprint density at radius 2 is 2.00 bits per heavy atom. The lowest BCUT2D eigenvalue weighted by atomic mass is 10.0. The molecule has 2 N–H and O–H groups in total. The second-order valence-electron chi connectivity index (χ2n) is 4.12. The van der Waals surface area contributed by atoms with E-state index in [2.05, 4.69) is 4.98 Å². The van der Waals surface area contributed by atoms with Crippen molar-refractivity contribution in [3.05, 3.63) is 51.9 Å². The molecule has 0 fully saturated rings. The highest BCUT2D eigenvalue weighted by atomic mass is 16.5. The van der Waals surface area contributed by atoms with E-state index in [4.69, 9.17) is 9.84 Å². The van der Waals surface area contributed by atoms with Gasteiger partial charge >= 0.3 is 5.97 Å². The molecule has 5 nitrogen and oxygen atoms in total. The van der Waals surface area contributed by atoms with Crippen LogP contribution in [0.15, 0.2) is 35.4 Å². The molecule has 2 rings (SSSR count). The van der Waals surface area contributed by atoms with Crippen molar-refractivity contribution in [3.8, 4) is 16.9 Å². The van der Waals surface area contributed by atoms with Crippen LogP contribution in [0, 0.1) is 6.92 Å². The molecule has 0 spiro atoms. The predicted octanol–water partition coefficient (Wildman–Crippen LogP) is 2.06. The topological polar surface area (TPSA) is 79.4 Å². The maximum absolute atomic E-state index is 12.1. The van der Waals surface area contributed by atoms with Crippen LogP contribution in [-0.4, -0.2) is 23.2 Å². The van der Waals surface area contributed by atoms with Gasteiger partial charge in [-0.1, -0.05) is 11.6 Å². The first-order chi connectivity index (χ1) is 9.04. The smallest absolute Gasteiger partial charge is 0.341 e. The van der Waals surface area contributed by atoms with E-state index in [1.54, 1.807) is 12.1 Å². The number of rotatable bonds is 3. The lowest BCUT2D eigenvalue weighted by molar-refractivity contribution is 0.0695. The van der Waals surface area contributed by atoms with Gasteiger partial charge in [0.05, 0.1) is 7.11 Å². The molecule has 0 radical (unpaired) electrons. The van der Waals surface area contributed by atoms with Gasteiger partial charge in [-0.3, -0.25) is 4.79 Å². The van der Waals surface area contributed by atoms with Gasteiger partial charge in [0.2, 0.25) is 5.43 Å². The molecule has 0 saturated carbocycles. The number of carboxylic acids is 1. The summed E-state index contributed by atoms with van der Waals surface area (Å²) < 4.78 is 5.21. The van der Waals surface area contributed by atoms with Gasteiger partial charge in [-0.05, 0) is 19.1 Å². The van der Waals surface area contributed by atoms with Crippen molar-refractivity contribution in [3.63, 3.8) is 0 Å². The Bertz CT molecular complexity index is 688. The molecule has 0 atom stereocenters. The molecule has 0 amide bonds. The Balaban J connectivity index is 2.72. The number of pyridine rings is 1. The van der Waals surface area contributed by atoms with Crippen molar-refractivity contribution < 1.29 is 14.6 Å². The summed E-state index contributed by atoms with van der Waals surface area (Å²) in [5, 5.41) is 8.97. The third-order valence-electron chi connectivity index (χ3n) is 2.82. The van der Waals surface area contributed by atoms with Crippen molar-refractivity contribution >= 4 is 5.97 Å². The first-order valence-electron chi connectivity index (χ1n) is 5.64. The van der Waals surface area contributed by atoms with Gasteiger partial charge in [-0.2, -0.15) is 0 Å². The number of ether oxygens (including phenoxy) is 1. The van der Waals surface area contributed by atoms with Gasteiger partial charge in [0, 0.05) is 23.5 Å². The summed E-state index contributed by atoms with van der Waals surface area (Å²) in [7, 11) is 1.50. The molecule has 1 aromatic heterocycles. The van der Waals surface area contributed by atoms with E-state index in [-0.39, 0.29) is 11.1 Å². The van der Waals surface area contributed by atoms with E-state index in [1.165, 1.54) is 19.5 Å². The van der Waals surface area contributed by atoms with Crippen LogP contribution < -0.4 is 10.2 Å². The molecule has 19 heavy (non-hydrogen) atoms. The quantitative estimate of drug-likeness (QED) is 0.884. The van der Waals surface area contributed by atoms with Gasteiger partial charge in [0.25, 0.3) is 0 Å². The normalized spacial score (nSPS) is 10.2. The molecule has 0 bridgehead atoms. The molecular weight excluding hydrogens is 246 g/mol. The van der Waals surface area contributed by atoms with Crippen LogP contribution in [0.4, 0.5) is 0 Å². The summed E-state index contributed by atoms with van der Waals surface area (Å²) in [6.07, 6.45) is 2.66. The standard InChI is InChI=1S/C14H13NO4/c1-8-3-4-12(19-2)9(5-8)10-6-15-7-11(13(10)16)14(17)18/h3-7H,1-2H3,(H,15,16)(H,17,18). The minimum Gasteiger partial charge on any atom is -0.496 e.